The van der Waals surface area contributed by atoms with E-state index in [2.05, 4.69) is 22.2 Å². The minimum absolute atomic E-state index is 0.186. The third kappa shape index (κ3) is 3.15. The van der Waals surface area contributed by atoms with E-state index in [4.69, 9.17) is 5.73 Å². The molecule has 5 nitrogen and oxygen atoms in total. The molecule has 114 valence electrons. The highest BCUT2D eigenvalue weighted by atomic mass is 16.1. The van der Waals surface area contributed by atoms with Gasteiger partial charge in [-0.25, -0.2) is 0 Å². The van der Waals surface area contributed by atoms with E-state index in [0.717, 1.165) is 32.0 Å². The van der Waals surface area contributed by atoms with Crippen LogP contribution in [0.2, 0.25) is 0 Å². The number of rotatable bonds is 5. The fraction of sp³-hybridized carbons (Fsp3) is 0.933. The Balaban J connectivity index is 1.56. The van der Waals surface area contributed by atoms with E-state index in [1.54, 1.807) is 0 Å². The summed E-state index contributed by atoms with van der Waals surface area (Å²) in [6.07, 6.45) is 6.71. The van der Waals surface area contributed by atoms with Gasteiger partial charge in [0.05, 0.1) is 0 Å². The lowest BCUT2D eigenvalue weighted by atomic mass is 10.0. The van der Waals surface area contributed by atoms with Crippen LogP contribution in [0.1, 0.15) is 38.5 Å². The summed E-state index contributed by atoms with van der Waals surface area (Å²) in [6.45, 7) is 2.74. The van der Waals surface area contributed by atoms with Crippen molar-refractivity contribution < 1.29 is 4.79 Å². The number of carbonyl (C=O) groups is 1. The highest BCUT2D eigenvalue weighted by Gasteiger charge is 2.36. The number of fused-ring (bicyclic) bond motifs is 2. The predicted molar refractivity (Wildman–Crippen MR) is 79.4 cm³/mol. The summed E-state index contributed by atoms with van der Waals surface area (Å²) in [6, 6.07) is 2.06. The molecule has 3 unspecified atom stereocenters. The van der Waals surface area contributed by atoms with Crippen molar-refractivity contribution in [2.75, 3.05) is 26.7 Å². The van der Waals surface area contributed by atoms with Gasteiger partial charge in [0.25, 0.3) is 0 Å². The van der Waals surface area contributed by atoms with Gasteiger partial charge < -0.3 is 11.1 Å². The third-order valence-corrected chi connectivity index (χ3v) is 5.33. The smallest absolute Gasteiger partial charge is 0.221 e. The number of hydrogen-bond donors (Lipinski definition) is 2. The van der Waals surface area contributed by atoms with Crippen LogP contribution >= 0.6 is 0 Å². The van der Waals surface area contributed by atoms with Gasteiger partial charge in [0.15, 0.2) is 0 Å². The Hall–Kier alpha value is -0.650. The topological polar surface area (TPSA) is 61.6 Å². The van der Waals surface area contributed by atoms with Gasteiger partial charge >= 0.3 is 0 Å². The zero-order valence-electron chi connectivity index (χ0n) is 12.6. The summed E-state index contributed by atoms with van der Waals surface area (Å²) in [5.41, 5.74) is 5.95. The number of carbonyl (C=O) groups excluding carboxylic acids is 1. The summed E-state index contributed by atoms with van der Waals surface area (Å²) >= 11 is 0. The molecular formula is C15H28N4O. The van der Waals surface area contributed by atoms with Gasteiger partial charge in [-0.3, -0.25) is 14.6 Å². The van der Waals surface area contributed by atoms with Crippen molar-refractivity contribution in [1.82, 2.24) is 15.1 Å². The molecule has 3 aliphatic rings. The Morgan fingerprint density at radius 3 is 2.70 bits per heavy atom. The molecule has 2 heterocycles. The number of hydrogen-bond acceptors (Lipinski definition) is 4. The minimum atomic E-state index is 0.186. The highest BCUT2D eigenvalue weighted by Crippen LogP contribution is 2.29. The van der Waals surface area contributed by atoms with E-state index in [9.17, 15) is 4.79 Å². The largest absolute Gasteiger partial charge is 0.353 e. The van der Waals surface area contributed by atoms with Crippen molar-refractivity contribution in [3.63, 3.8) is 0 Å². The van der Waals surface area contributed by atoms with Crippen molar-refractivity contribution in [2.24, 2.45) is 5.73 Å². The van der Waals surface area contributed by atoms with Gasteiger partial charge in [0, 0.05) is 50.2 Å². The Morgan fingerprint density at radius 1 is 1.25 bits per heavy atom. The summed E-state index contributed by atoms with van der Waals surface area (Å²) in [5.74, 6) is 0.186. The Labute approximate surface area is 121 Å². The Bertz CT molecular complexity index is 358. The van der Waals surface area contributed by atoms with Crippen molar-refractivity contribution in [1.29, 1.82) is 0 Å². The van der Waals surface area contributed by atoms with Gasteiger partial charge in [0.2, 0.25) is 5.91 Å². The first-order valence-electron chi connectivity index (χ1n) is 8.12. The quantitative estimate of drug-likeness (QED) is 0.753. The molecule has 0 aromatic heterocycles. The van der Waals surface area contributed by atoms with Gasteiger partial charge in [-0.15, -0.1) is 0 Å². The number of nitrogens with one attached hydrogen (secondary N) is 1. The molecule has 2 aliphatic heterocycles. The van der Waals surface area contributed by atoms with E-state index in [1.165, 1.54) is 19.3 Å². The van der Waals surface area contributed by atoms with Crippen molar-refractivity contribution >= 4 is 5.91 Å². The molecule has 5 heteroatoms. The molecule has 1 saturated carbocycles. The number of nitrogens with two attached hydrogens (primary N) is 1. The molecule has 2 saturated heterocycles. The van der Waals surface area contributed by atoms with E-state index < -0.39 is 0 Å². The van der Waals surface area contributed by atoms with Crippen molar-refractivity contribution in [3.05, 3.63) is 0 Å². The third-order valence-electron chi connectivity index (χ3n) is 5.33. The Morgan fingerprint density at radius 2 is 2.00 bits per heavy atom. The molecule has 2 bridgehead atoms. The second-order valence-electron chi connectivity index (χ2n) is 6.77. The number of nitrogens with zero attached hydrogens (tertiary/aromatic N) is 2. The Kier molecular flexibility index (Phi) is 4.29. The minimum Gasteiger partial charge on any atom is -0.353 e. The van der Waals surface area contributed by atoms with E-state index in [0.29, 0.717) is 25.0 Å². The van der Waals surface area contributed by atoms with Gasteiger partial charge in [-0.05, 0) is 39.2 Å². The monoisotopic (exact) mass is 280 g/mol. The number of amides is 1. The molecular weight excluding hydrogens is 252 g/mol. The molecule has 1 amide bonds. The molecule has 20 heavy (non-hydrogen) atoms. The summed E-state index contributed by atoms with van der Waals surface area (Å²) in [5, 5.41) is 3.08. The van der Waals surface area contributed by atoms with Crippen molar-refractivity contribution in [2.45, 2.75) is 62.7 Å². The maximum absolute atomic E-state index is 12.0. The van der Waals surface area contributed by atoms with Crippen LogP contribution in [-0.4, -0.2) is 66.6 Å². The summed E-state index contributed by atoms with van der Waals surface area (Å²) in [4.78, 5) is 17.0. The fourth-order valence-corrected chi connectivity index (χ4v) is 3.76. The van der Waals surface area contributed by atoms with E-state index in [-0.39, 0.29) is 11.9 Å². The molecule has 3 fully saturated rings. The van der Waals surface area contributed by atoms with Crippen LogP contribution in [-0.2, 0) is 4.79 Å². The molecule has 3 atom stereocenters. The second kappa shape index (κ2) is 6.00. The zero-order valence-corrected chi connectivity index (χ0v) is 12.6. The van der Waals surface area contributed by atoms with Gasteiger partial charge in [-0.1, -0.05) is 0 Å². The molecule has 0 aromatic rings. The second-order valence-corrected chi connectivity index (χ2v) is 6.77. The molecule has 0 aromatic carbocycles. The first-order valence-corrected chi connectivity index (χ1v) is 8.12. The number of likely N-dealkylation sites (N-methyl/N-ethyl adjacent to an activating group) is 1. The maximum atomic E-state index is 12.0. The highest BCUT2D eigenvalue weighted by molar-refractivity contribution is 5.77. The predicted octanol–water partition coefficient (Wildman–Crippen LogP) is 0.151. The normalized spacial score (nSPS) is 32.9. The summed E-state index contributed by atoms with van der Waals surface area (Å²) < 4.78 is 0. The fourth-order valence-electron chi connectivity index (χ4n) is 3.76. The standard InChI is InChI=1S/C15H28N4O/c1-18-12-4-5-13(18)10-19(7-6-12)14(9-16)8-15(20)17-11-2-3-11/h11-14H,2-10,16H2,1H3,(H,17,20). The average molecular weight is 280 g/mol. The zero-order chi connectivity index (χ0) is 14.1. The SMILES string of the molecule is CN1C2CCC1CN(C(CN)CC(=O)NC1CC1)CC2. The van der Waals surface area contributed by atoms with Crippen LogP contribution in [0.4, 0.5) is 0 Å². The van der Waals surface area contributed by atoms with Crippen LogP contribution in [0.25, 0.3) is 0 Å². The van der Waals surface area contributed by atoms with Crippen LogP contribution in [0, 0.1) is 0 Å². The first kappa shape index (κ1) is 14.3. The molecule has 3 N–H and O–H groups in total. The number of likely N-dealkylation sites (tertiary alicyclic amines) is 1. The van der Waals surface area contributed by atoms with Crippen LogP contribution in [0.15, 0.2) is 0 Å². The first-order chi connectivity index (χ1) is 9.67. The maximum Gasteiger partial charge on any atom is 0.221 e. The average Bonchev–Trinajstić information content (AvgIpc) is 3.15. The lowest BCUT2D eigenvalue weighted by molar-refractivity contribution is -0.122. The van der Waals surface area contributed by atoms with Gasteiger partial charge in [-0.2, -0.15) is 0 Å². The molecule has 0 radical (unpaired) electrons. The van der Waals surface area contributed by atoms with Crippen molar-refractivity contribution in [3.8, 4) is 0 Å². The van der Waals surface area contributed by atoms with E-state index in [1.807, 2.05) is 0 Å². The lowest BCUT2D eigenvalue weighted by Crippen LogP contribution is -2.47. The van der Waals surface area contributed by atoms with E-state index >= 15 is 0 Å². The summed E-state index contributed by atoms with van der Waals surface area (Å²) in [7, 11) is 2.25. The van der Waals surface area contributed by atoms with Crippen LogP contribution in [0.3, 0.4) is 0 Å². The van der Waals surface area contributed by atoms with Crippen LogP contribution in [0.5, 0.6) is 0 Å². The molecule has 0 spiro atoms. The van der Waals surface area contributed by atoms with Crippen LogP contribution < -0.4 is 11.1 Å². The molecule has 1 aliphatic carbocycles. The van der Waals surface area contributed by atoms with Gasteiger partial charge in [0.1, 0.15) is 0 Å². The molecule has 3 rings (SSSR count). The lowest BCUT2D eigenvalue weighted by Gasteiger charge is -2.32.